The zero-order valence-electron chi connectivity index (χ0n) is 15.9. The lowest BCUT2D eigenvalue weighted by atomic mass is 9.77. The predicted octanol–water partition coefficient (Wildman–Crippen LogP) is 3.71. The van der Waals surface area contributed by atoms with Gasteiger partial charge in [0.1, 0.15) is 0 Å². The zero-order chi connectivity index (χ0) is 19.1. The summed E-state index contributed by atoms with van der Waals surface area (Å²) in [6.07, 6.45) is 1.91. The van der Waals surface area contributed by atoms with E-state index in [0.717, 1.165) is 21.7 Å². The molecule has 138 valence electrons. The third-order valence-electron chi connectivity index (χ3n) is 5.09. The van der Waals surface area contributed by atoms with Gasteiger partial charge >= 0.3 is 7.12 Å². The van der Waals surface area contributed by atoms with Crippen LogP contribution in [0.1, 0.15) is 38.1 Å². The molecule has 3 N–H and O–H groups in total. The molecule has 0 unspecified atom stereocenters. The number of hydrogen-bond donors (Lipinski definition) is 2. The Morgan fingerprint density at radius 2 is 1.77 bits per heavy atom. The first-order valence-corrected chi connectivity index (χ1v) is 9.45. The van der Waals surface area contributed by atoms with E-state index in [1.54, 1.807) is 0 Å². The highest BCUT2D eigenvalue weighted by atomic mass is 32.1. The van der Waals surface area contributed by atoms with Crippen LogP contribution in [0.3, 0.4) is 0 Å². The van der Waals surface area contributed by atoms with Gasteiger partial charge < -0.3 is 20.1 Å². The molecule has 7 heteroatoms. The molecule has 0 atom stereocenters. The Hall–Kier alpha value is -1.67. The van der Waals surface area contributed by atoms with Gasteiger partial charge in [-0.15, -0.1) is 11.3 Å². The number of nitrogens with zero attached hydrogens (tertiary/aromatic N) is 1. The molecule has 0 aliphatic carbocycles. The minimum Gasteiger partial charge on any atom is -0.400 e. The number of aliphatic hydroxyl groups excluding tert-OH is 1. The number of rotatable bonds is 4. The molecule has 0 spiro atoms. The molecule has 0 bridgehead atoms. The van der Waals surface area contributed by atoms with E-state index in [2.05, 4.69) is 4.98 Å². The molecular weight excluding hydrogens is 347 g/mol. The molecule has 2 heterocycles. The van der Waals surface area contributed by atoms with Crippen LogP contribution in [0.2, 0.25) is 0 Å². The van der Waals surface area contributed by atoms with Gasteiger partial charge in [0.2, 0.25) is 0 Å². The Labute approximate surface area is 159 Å². The van der Waals surface area contributed by atoms with Gasteiger partial charge in [0.25, 0.3) is 0 Å². The standard InChI is InChI=1S/C19H25BN2O3S/c1-12-16(22-17(21)26-12)14-8-6-13(7-9-14)10-15(11-23)20-24-18(2,3)19(4,5)25-20/h6-10,23H,11H2,1-5H3,(H2,21,22). The fraction of sp³-hybridized carbons (Fsp3) is 0.421. The highest BCUT2D eigenvalue weighted by Crippen LogP contribution is 2.38. The second-order valence-electron chi connectivity index (χ2n) is 7.54. The summed E-state index contributed by atoms with van der Waals surface area (Å²) in [7, 11) is -0.551. The maximum absolute atomic E-state index is 9.81. The molecule has 1 aliphatic heterocycles. The van der Waals surface area contributed by atoms with Crippen LogP contribution < -0.4 is 5.73 Å². The van der Waals surface area contributed by atoms with Gasteiger partial charge in [-0.05, 0) is 45.7 Å². The molecule has 3 rings (SSSR count). The van der Waals surface area contributed by atoms with E-state index in [1.165, 1.54) is 11.3 Å². The zero-order valence-corrected chi connectivity index (χ0v) is 16.7. The number of anilines is 1. The monoisotopic (exact) mass is 372 g/mol. The Balaban J connectivity index is 1.83. The number of aryl methyl sites for hydroxylation is 1. The summed E-state index contributed by atoms with van der Waals surface area (Å²) in [5, 5.41) is 10.4. The third-order valence-corrected chi connectivity index (χ3v) is 5.89. The number of nitrogen functional groups attached to an aromatic ring is 1. The second-order valence-corrected chi connectivity index (χ2v) is 8.78. The van der Waals surface area contributed by atoms with Crippen LogP contribution in [0, 0.1) is 6.92 Å². The van der Waals surface area contributed by atoms with Gasteiger partial charge in [0.05, 0.1) is 23.5 Å². The highest BCUT2D eigenvalue weighted by molar-refractivity contribution is 7.15. The third kappa shape index (κ3) is 3.57. The number of benzene rings is 1. The first-order chi connectivity index (χ1) is 12.1. The molecule has 1 aromatic carbocycles. The molecule has 0 saturated carbocycles. The summed E-state index contributed by atoms with van der Waals surface area (Å²) in [6, 6.07) is 8.00. The maximum atomic E-state index is 9.81. The maximum Gasteiger partial charge on any atom is 0.492 e. The van der Waals surface area contributed by atoms with Crippen molar-refractivity contribution in [1.29, 1.82) is 0 Å². The number of nitrogens with two attached hydrogens (primary N) is 1. The molecule has 26 heavy (non-hydrogen) atoms. The van der Waals surface area contributed by atoms with Crippen molar-refractivity contribution in [2.24, 2.45) is 0 Å². The van der Waals surface area contributed by atoms with Gasteiger partial charge in [-0.3, -0.25) is 0 Å². The molecule has 1 aliphatic rings. The molecule has 5 nitrogen and oxygen atoms in total. The van der Waals surface area contributed by atoms with Gasteiger partial charge in [-0.25, -0.2) is 4.98 Å². The largest absolute Gasteiger partial charge is 0.492 e. The molecule has 2 aromatic rings. The van der Waals surface area contributed by atoms with E-state index < -0.39 is 18.3 Å². The van der Waals surface area contributed by atoms with Crippen molar-refractivity contribution >= 4 is 29.7 Å². The Morgan fingerprint density at radius 1 is 1.19 bits per heavy atom. The van der Waals surface area contributed by atoms with E-state index in [4.69, 9.17) is 15.0 Å². The van der Waals surface area contributed by atoms with E-state index in [0.29, 0.717) is 10.6 Å². The van der Waals surface area contributed by atoms with Crippen LogP contribution in [-0.2, 0) is 9.31 Å². The normalized spacial score (nSPS) is 19.2. The molecule has 0 amide bonds. The van der Waals surface area contributed by atoms with Crippen molar-refractivity contribution in [2.45, 2.75) is 45.8 Å². The number of aromatic nitrogens is 1. The van der Waals surface area contributed by atoms with E-state index >= 15 is 0 Å². The highest BCUT2D eigenvalue weighted by Gasteiger charge is 2.52. The molecule has 1 saturated heterocycles. The van der Waals surface area contributed by atoms with Crippen molar-refractivity contribution < 1.29 is 14.4 Å². The van der Waals surface area contributed by atoms with Crippen LogP contribution >= 0.6 is 11.3 Å². The first-order valence-electron chi connectivity index (χ1n) is 8.63. The minimum atomic E-state index is -0.551. The summed E-state index contributed by atoms with van der Waals surface area (Å²) in [5.41, 5.74) is 8.52. The summed E-state index contributed by atoms with van der Waals surface area (Å²) in [6.45, 7) is 9.88. The molecular formula is C19H25BN2O3S. The molecule has 1 fully saturated rings. The lowest BCUT2D eigenvalue weighted by Gasteiger charge is -2.32. The first kappa shape index (κ1) is 19.1. The fourth-order valence-corrected chi connectivity index (χ4v) is 3.53. The Morgan fingerprint density at radius 3 is 2.23 bits per heavy atom. The fourth-order valence-electron chi connectivity index (χ4n) is 2.82. The van der Waals surface area contributed by atoms with Crippen LogP contribution in [0.15, 0.2) is 29.7 Å². The van der Waals surface area contributed by atoms with Gasteiger partial charge in [0, 0.05) is 10.4 Å². The van der Waals surface area contributed by atoms with Gasteiger partial charge in [-0.1, -0.05) is 30.3 Å². The predicted molar refractivity (Wildman–Crippen MR) is 108 cm³/mol. The lowest BCUT2D eigenvalue weighted by Crippen LogP contribution is -2.41. The van der Waals surface area contributed by atoms with Crippen molar-refractivity contribution in [1.82, 2.24) is 4.98 Å². The lowest BCUT2D eigenvalue weighted by molar-refractivity contribution is 0.00578. The van der Waals surface area contributed by atoms with Gasteiger partial charge in [-0.2, -0.15) is 0 Å². The summed E-state index contributed by atoms with van der Waals surface area (Å²) in [4.78, 5) is 5.48. The smallest absolute Gasteiger partial charge is 0.400 e. The molecule has 1 aromatic heterocycles. The minimum absolute atomic E-state index is 0.125. The van der Waals surface area contributed by atoms with Crippen molar-refractivity contribution in [2.75, 3.05) is 12.3 Å². The molecule has 0 radical (unpaired) electrons. The topological polar surface area (TPSA) is 77.6 Å². The van der Waals surface area contributed by atoms with Crippen LogP contribution in [0.25, 0.3) is 17.3 Å². The van der Waals surface area contributed by atoms with Gasteiger partial charge in [0.15, 0.2) is 5.13 Å². The van der Waals surface area contributed by atoms with Crippen LogP contribution in [0.5, 0.6) is 0 Å². The Kier molecular flexibility index (Phi) is 5.01. The van der Waals surface area contributed by atoms with E-state index in [-0.39, 0.29) is 6.61 Å². The SMILES string of the molecule is Cc1sc(N)nc1-c1ccc(C=C(CO)B2OC(C)(C)C(C)(C)O2)cc1. The average molecular weight is 372 g/mol. The number of aliphatic hydroxyl groups is 1. The van der Waals surface area contributed by atoms with Crippen molar-refractivity contribution in [3.8, 4) is 11.3 Å². The van der Waals surface area contributed by atoms with Crippen LogP contribution in [0.4, 0.5) is 5.13 Å². The van der Waals surface area contributed by atoms with E-state index in [9.17, 15) is 5.11 Å². The number of hydrogen-bond acceptors (Lipinski definition) is 6. The van der Waals surface area contributed by atoms with Crippen molar-refractivity contribution in [3.05, 3.63) is 40.2 Å². The summed E-state index contributed by atoms with van der Waals surface area (Å²) in [5.74, 6) is 0. The second kappa shape index (κ2) is 6.81. The summed E-state index contributed by atoms with van der Waals surface area (Å²) >= 11 is 1.49. The summed E-state index contributed by atoms with van der Waals surface area (Å²) < 4.78 is 12.1. The number of thiazole rings is 1. The van der Waals surface area contributed by atoms with Crippen molar-refractivity contribution in [3.63, 3.8) is 0 Å². The quantitative estimate of drug-likeness (QED) is 0.800. The Bertz CT molecular complexity index is 812. The average Bonchev–Trinajstić information content (AvgIpc) is 3.00. The van der Waals surface area contributed by atoms with Crippen LogP contribution in [-0.4, -0.2) is 35.0 Å². The van der Waals surface area contributed by atoms with E-state index in [1.807, 2.05) is 65.0 Å².